The molecule has 0 spiro atoms. The molecule has 0 unspecified atom stereocenters. The molecule has 1 amide bonds. The predicted octanol–water partition coefficient (Wildman–Crippen LogP) is 3.35. The van der Waals surface area contributed by atoms with Gasteiger partial charge in [-0.05, 0) is 54.1 Å². The zero-order valence-corrected chi connectivity index (χ0v) is 16.7. The Morgan fingerprint density at radius 2 is 2.00 bits per heavy atom. The van der Waals surface area contributed by atoms with E-state index in [2.05, 4.69) is 10.0 Å². The second kappa shape index (κ2) is 7.90. The highest BCUT2D eigenvalue weighted by atomic mass is 35.5. The van der Waals surface area contributed by atoms with Crippen LogP contribution in [0.5, 0.6) is 5.75 Å². The van der Waals surface area contributed by atoms with Crippen molar-refractivity contribution < 1.29 is 22.4 Å². The largest absolute Gasteiger partial charge is 0.480 e. The van der Waals surface area contributed by atoms with Gasteiger partial charge >= 0.3 is 0 Å². The summed E-state index contributed by atoms with van der Waals surface area (Å²) in [5, 5.41) is 3.29. The molecule has 3 aromatic rings. The Balaban J connectivity index is 1.43. The molecule has 0 aliphatic carbocycles. The van der Waals surface area contributed by atoms with Crippen LogP contribution >= 0.6 is 11.6 Å². The standard InChI is InChI=1S/C20H17ClN2O5S/c21-14-6-7-18-13(9-14)10-19(28-18)20(24)23-15-3-1-5-17(11-15)29(25,26)22-12-16-4-2-8-27-16/h1-9,11,19,22H,10,12H2,(H,23,24)/t19-/m0/s1. The van der Waals surface area contributed by atoms with Crippen molar-refractivity contribution in [3.63, 3.8) is 0 Å². The van der Waals surface area contributed by atoms with E-state index in [1.54, 1.807) is 42.5 Å². The third-order valence-corrected chi connectivity index (χ3v) is 6.05. The fourth-order valence-electron chi connectivity index (χ4n) is 2.99. The quantitative estimate of drug-likeness (QED) is 0.622. The number of halogens is 1. The fraction of sp³-hybridized carbons (Fsp3) is 0.150. The van der Waals surface area contributed by atoms with Crippen LogP contribution in [0, 0.1) is 0 Å². The smallest absolute Gasteiger partial charge is 0.265 e. The minimum atomic E-state index is -3.77. The van der Waals surface area contributed by atoms with Crippen molar-refractivity contribution in [1.29, 1.82) is 0 Å². The van der Waals surface area contributed by atoms with Gasteiger partial charge in [0.25, 0.3) is 5.91 Å². The summed E-state index contributed by atoms with van der Waals surface area (Å²) in [6.07, 6.45) is 1.16. The number of nitrogens with one attached hydrogen (secondary N) is 2. The normalized spacial score (nSPS) is 15.6. The van der Waals surface area contributed by atoms with Crippen molar-refractivity contribution >= 4 is 33.2 Å². The highest BCUT2D eigenvalue weighted by Gasteiger charge is 2.29. The second-order valence-electron chi connectivity index (χ2n) is 6.48. The van der Waals surface area contributed by atoms with Gasteiger partial charge in [-0.3, -0.25) is 4.79 Å². The van der Waals surface area contributed by atoms with E-state index in [-0.39, 0.29) is 17.3 Å². The molecule has 9 heteroatoms. The van der Waals surface area contributed by atoms with E-state index in [9.17, 15) is 13.2 Å². The lowest BCUT2D eigenvalue weighted by atomic mass is 10.1. The van der Waals surface area contributed by atoms with Crippen molar-refractivity contribution in [3.8, 4) is 5.75 Å². The molecule has 4 rings (SSSR count). The zero-order chi connectivity index (χ0) is 20.4. The van der Waals surface area contributed by atoms with Crippen molar-refractivity contribution in [1.82, 2.24) is 4.72 Å². The molecule has 1 aromatic heterocycles. The van der Waals surface area contributed by atoms with E-state index in [0.717, 1.165) is 5.56 Å². The van der Waals surface area contributed by atoms with Crippen LogP contribution in [-0.2, 0) is 27.8 Å². The predicted molar refractivity (Wildman–Crippen MR) is 107 cm³/mol. The summed E-state index contributed by atoms with van der Waals surface area (Å²) in [4.78, 5) is 12.6. The molecule has 0 saturated heterocycles. The van der Waals surface area contributed by atoms with Gasteiger partial charge in [0.15, 0.2) is 6.10 Å². The number of anilines is 1. The van der Waals surface area contributed by atoms with E-state index < -0.39 is 16.1 Å². The molecule has 0 radical (unpaired) electrons. The molecule has 0 fully saturated rings. The summed E-state index contributed by atoms with van der Waals surface area (Å²) in [7, 11) is -3.77. The molecular weight excluding hydrogens is 416 g/mol. The van der Waals surface area contributed by atoms with Crippen LogP contribution in [0.4, 0.5) is 5.69 Å². The number of furan rings is 1. The molecule has 2 N–H and O–H groups in total. The molecule has 0 saturated carbocycles. The number of amides is 1. The fourth-order valence-corrected chi connectivity index (χ4v) is 4.22. The first-order valence-corrected chi connectivity index (χ1v) is 10.6. The maximum atomic E-state index is 12.6. The molecule has 1 aliphatic rings. The summed E-state index contributed by atoms with van der Waals surface area (Å²) in [5.74, 6) is 0.750. The van der Waals surface area contributed by atoms with E-state index in [4.69, 9.17) is 20.8 Å². The average molecular weight is 433 g/mol. The van der Waals surface area contributed by atoms with Crippen molar-refractivity contribution in [2.75, 3.05) is 5.32 Å². The second-order valence-corrected chi connectivity index (χ2v) is 8.69. The molecule has 2 heterocycles. The van der Waals surface area contributed by atoms with Gasteiger partial charge in [0.1, 0.15) is 11.5 Å². The van der Waals surface area contributed by atoms with Gasteiger partial charge in [0.2, 0.25) is 10.0 Å². The van der Waals surface area contributed by atoms with Crippen LogP contribution < -0.4 is 14.8 Å². The van der Waals surface area contributed by atoms with Crippen molar-refractivity contribution in [2.24, 2.45) is 0 Å². The number of carbonyl (C=O) groups is 1. The summed E-state index contributed by atoms with van der Waals surface area (Å²) < 4.78 is 38.2. The minimum absolute atomic E-state index is 0.0304. The van der Waals surface area contributed by atoms with Crippen LogP contribution in [0.25, 0.3) is 0 Å². The monoisotopic (exact) mass is 432 g/mol. The summed E-state index contributed by atoms with van der Waals surface area (Å²) in [5.41, 5.74) is 1.21. The lowest BCUT2D eigenvalue weighted by molar-refractivity contribution is -0.122. The van der Waals surface area contributed by atoms with Crippen LogP contribution in [0.2, 0.25) is 5.02 Å². The maximum absolute atomic E-state index is 12.6. The Hall–Kier alpha value is -2.81. The zero-order valence-electron chi connectivity index (χ0n) is 15.1. The van der Waals surface area contributed by atoms with E-state index in [1.165, 1.54) is 18.4 Å². The van der Waals surface area contributed by atoms with Gasteiger partial charge < -0.3 is 14.5 Å². The summed E-state index contributed by atoms with van der Waals surface area (Å²) in [6, 6.07) is 14.5. The highest BCUT2D eigenvalue weighted by Crippen LogP contribution is 2.31. The number of hydrogen-bond acceptors (Lipinski definition) is 5. The summed E-state index contributed by atoms with van der Waals surface area (Å²) >= 11 is 5.97. The van der Waals surface area contributed by atoms with Crippen molar-refractivity contribution in [3.05, 3.63) is 77.2 Å². The third-order valence-electron chi connectivity index (χ3n) is 4.42. The number of hydrogen-bond donors (Lipinski definition) is 2. The Bertz CT molecular complexity index is 1150. The van der Waals surface area contributed by atoms with E-state index in [0.29, 0.717) is 28.6 Å². The minimum Gasteiger partial charge on any atom is -0.480 e. The lowest BCUT2D eigenvalue weighted by Gasteiger charge is -2.12. The highest BCUT2D eigenvalue weighted by molar-refractivity contribution is 7.89. The molecule has 1 aliphatic heterocycles. The van der Waals surface area contributed by atoms with Crippen LogP contribution in [0.1, 0.15) is 11.3 Å². The Labute approximate surface area is 172 Å². The number of rotatable bonds is 6. The van der Waals surface area contributed by atoms with E-state index >= 15 is 0 Å². The van der Waals surface area contributed by atoms with Crippen LogP contribution in [-0.4, -0.2) is 20.4 Å². The molecule has 0 bridgehead atoms. The molecular formula is C20H17ClN2O5S. The number of carbonyl (C=O) groups excluding carboxylic acids is 1. The molecule has 2 aromatic carbocycles. The van der Waals surface area contributed by atoms with Crippen molar-refractivity contribution in [2.45, 2.75) is 24.0 Å². The maximum Gasteiger partial charge on any atom is 0.265 e. The van der Waals surface area contributed by atoms with Gasteiger partial charge in [0.05, 0.1) is 17.7 Å². The number of benzene rings is 2. The first-order chi connectivity index (χ1) is 13.9. The van der Waals surface area contributed by atoms with Gasteiger partial charge in [-0.1, -0.05) is 17.7 Å². The topological polar surface area (TPSA) is 97.6 Å². The SMILES string of the molecule is O=C(Nc1cccc(S(=O)(=O)NCc2ccco2)c1)[C@@H]1Cc2cc(Cl)ccc2O1. The van der Waals surface area contributed by atoms with Gasteiger partial charge in [0, 0.05) is 17.1 Å². The van der Waals surface area contributed by atoms with Crippen LogP contribution in [0.15, 0.2) is 70.2 Å². The number of sulfonamides is 1. The molecule has 7 nitrogen and oxygen atoms in total. The Kier molecular flexibility index (Phi) is 5.31. The number of ether oxygens (including phenoxy) is 1. The molecule has 29 heavy (non-hydrogen) atoms. The molecule has 1 atom stereocenters. The average Bonchev–Trinajstić information content (AvgIpc) is 3.36. The molecule has 150 valence electrons. The number of fused-ring (bicyclic) bond motifs is 1. The van der Waals surface area contributed by atoms with Crippen LogP contribution in [0.3, 0.4) is 0 Å². The Morgan fingerprint density at radius 3 is 2.79 bits per heavy atom. The van der Waals surface area contributed by atoms with E-state index in [1.807, 2.05) is 0 Å². The third kappa shape index (κ3) is 4.45. The first-order valence-electron chi connectivity index (χ1n) is 8.79. The van der Waals surface area contributed by atoms with Gasteiger partial charge in [-0.15, -0.1) is 0 Å². The van der Waals surface area contributed by atoms with Gasteiger partial charge in [-0.25, -0.2) is 13.1 Å². The van der Waals surface area contributed by atoms with Gasteiger partial charge in [-0.2, -0.15) is 0 Å². The Morgan fingerprint density at radius 1 is 1.14 bits per heavy atom. The first kappa shape index (κ1) is 19.5. The lowest BCUT2D eigenvalue weighted by Crippen LogP contribution is -2.31. The summed E-state index contributed by atoms with van der Waals surface area (Å²) in [6.45, 7) is 0.0304.